The average molecular weight is 370 g/mol. The number of hydrogen-bond acceptors (Lipinski definition) is 7. The van der Waals surface area contributed by atoms with Gasteiger partial charge in [-0.3, -0.25) is 9.59 Å². The molecule has 0 amide bonds. The van der Waals surface area contributed by atoms with E-state index in [1.54, 1.807) is 30.3 Å². The lowest BCUT2D eigenvalue weighted by Crippen LogP contribution is -2.01. The second kappa shape index (κ2) is 7.41. The van der Waals surface area contributed by atoms with Crippen molar-refractivity contribution < 1.29 is 33.3 Å². The van der Waals surface area contributed by atoms with Crippen molar-refractivity contribution in [2.24, 2.45) is 0 Å². The van der Waals surface area contributed by atoms with Gasteiger partial charge < -0.3 is 23.7 Å². The van der Waals surface area contributed by atoms with Crippen LogP contribution in [0.4, 0.5) is 0 Å². The van der Waals surface area contributed by atoms with Gasteiger partial charge in [0.25, 0.3) is 0 Å². The van der Waals surface area contributed by atoms with Crippen molar-refractivity contribution >= 4 is 17.8 Å². The third kappa shape index (κ3) is 3.57. The number of benzene rings is 2. The average Bonchev–Trinajstić information content (AvgIpc) is 2.95. The molecule has 7 heteroatoms. The van der Waals surface area contributed by atoms with E-state index >= 15 is 0 Å². The zero-order chi connectivity index (χ0) is 19.6. The van der Waals surface area contributed by atoms with E-state index in [4.69, 9.17) is 23.7 Å². The molecule has 0 aliphatic carbocycles. The predicted octanol–water partition coefficient (Wildman–Crippen LogP) is 3.25. The van der Waals surface area contributed by atoms with Gasteiger partial charge in [0.15, 0.2) is 17.3 Å². The van der Waals surface area contributed by atoms with Gasteiger partial charge in [-0.15, -0.1) is 0 Å². The SMILES string of the molecule is COc1cc(OC)c(OC)cc1/C=C1\Oc2cc(OC(C)=O)ccc2C1=O. The first-order chi connectivity index (χ1) is 13.0. The van der Waals surface area contributed by atoms with Crippen molar-refractivity contribution in [1.29, 1.82) is 0 Å². The number of ether oxygens (including phenoxy) is 5. The summed E-state index contributed by atoms with van der Waals surface area (Å²) >= 11 is 0. The fraction of sp³-hybridized carbons (Fsp3) is 0.200. The lowest BCUT2D eigenvalue weighted by atomic mass is 10.1. The van der Waals surface area contributed by atoms with Crippen LogP contribution < -0.4 is 23.7 Å². The van der Waals surface area contributed by atoms with E-state index in [-0.39, 0.29) is 11.5 Å². The molecular formula is C20H18O7. The molecule has 3 rings (SSSR count). The van der Waals surface area contributed by atoms with Gasteiger partial charge in [0.1, 0.15) is 17.2 Å². The monoisotopic (exact) mass is 370 g/mol. The molecule has 2 aromatic rings. The summed E-state index contributed by atoms with van der Waals surface area (Å²) in [5.74, 6) is 1.50. The molecule has 0 N–H and O–H groups in total. The van der Waals surface area contributed by atoms with E-state index in [2.05, 4.69) is 0 Å². The number of methoxy groups -OCH3 is 3. The second-order valence-corrected chi connectivity index (χ2v) is 5.64. The van der Waals surface area contributed by atoms with Gasteiger partial charge in [0.2, 0.25) is 5.78 Å². The Morgan fingerprint density at radius 1 is 0.963 bits per heavy atom. The van der Waals surface area contributed by atoms with Gasteiger partial charge in [-0.2, -0.15) is 0 Å². The van der Waals surface area contributed by atoms with Gasteiger partial charge in [-0.1, -0.05) is 0 Å². The van der Waals surface area contributed by atoms with Crippen LogP contribution in [-0.2, 0) is 4.79 Å². The van der Waals surface area contributed by atoms with E-state index in [0.717, 1.165) is 0 Å². The number of rotatable bonds is 5. The second-order valence-electron chi connectivity index (χ2n) is 5.64. The Morgan fingerprint density at radius 3 is 2.26 bits per heavy atom. The maximum atomic E-state index is 12.6. The molecule has 0 aromatic heterocycles. The summed E-state index contributed by atoms with van der Waals surface area (Å²) in [6.45, 7) is 1.30. The highest BCUT2D eigenvalue weighted by Gasteiger charge is 2.28. The molecule has 1 aliphatic heterocycles. The van der Waals surface area contributed by atoms with Gasteiger partial charge in [0, 0.05) is 24.6 Å². The minimum absolute atomic E-state index is 0.121. The normalized spacial score (nSPS) is 13.8. The van der Waals surface area contributed by atoms with Gasteiger partial charge in [-0.25, -0.2) is 0 Å². The zero-order valence-electron chi connectivity index (χ0n) is 15.3. The van der Waals surface area contributed by atoms with Crippen LogP contribution in [0.15, 0.2) is 36.1 Å². The molecule has 0 atom stereocenters. The maximum absolute atomic E-state index is 12.6. The van der Waals surface area contributed by atoms with Crippen molar-refractivity contribution in [2.75, 3.05) is 21.3 Å². The van der Waals surface area contributed by atoms with Crippen LogP contribution in [0.3, 0.4) is 0 Å². The number of carbonyl (C=O) groups is 2. The lowest BCUT2D eigenvalue weighted by molar-refractivity contribution is -0.131. The summed E-state index contributed by atoms with van der Waals surface area (Å²) in [5, 5.41) is 0. The first-order valence-electron chi connectivity index (χ1n) is 8.03. The van der Waals surface area contributed by atoms with E-state index in [1.807, 2.05) is 0 Å². The third-order valence-corrected chi connectivity index (χ3v) is 3.93. The molecular weight excluding hydrogens is 352 g/mol. The van der Waals surface area contributed by atoms with Crippen LogP contribution >= 0.6 is 0 Å². The summed E-state index contributed by atoms with van der Waals surface area (Å²) in [5.41, 5.74) is 0.975. The number of fused-ring (bicyclic) bond motifs is 1. The number of esters is 1. The molecule has 0 bridgehead atoms. The van der Waals surface area contributed by atoms with Crippen LogP contribution in [0.5, 0.6) is 28.7 Å². The first-order valence-corrected chi connectivity index (χ1v) is 8.03. The Labute approximate surface area is 156 Å². The highest BCUT2D eigenvalue weighted by molar-refractivity contribution is 6.14. The molecule has 2 aromatic carbocycles. The van der Waals surface area contributed by atoms with Crippen LogP contribution in [-0.4, -0.2) is 33.1 Å². The summed E-state index contributed by atoms with van der Waals surface area (Å²) in [6.07, 6.45) is 1.56. The Balaban J connectivity index is 1.98. The van der Waals surface area contributed by atoms with Crippen molar-refractivity contribution in [1.82, 2.24) is 0 Å². The quantitative estimate of drug-likeness (QED) is 0.454. The summed E-state index contributed by atoms with van der Waals surface area (Å²) in [4.78, 5) is 23.7. The Hall–Kier alpha value is -3.48. The van der Waals surface area contributed by atoms with Crippen LogP contribution in [0, 0.1) is 0 Å². The molecule has 1 heterocycles. The van der Waals surface area contributed by atoms with Crippen molar-refractivity contribution in [3.8, 4) is 28.7 Å². The molecule has 0 fully saturated rings. The highest BCUT2D eigenvalue weighted by atomic mass is 16.5. The molecule has 27 heavy (non-hydrogen) atoms. The topological polar surface area (TPSA) is 80.3 Å². The van der Waals surface area contributed by atoms with Crippen LogP contribution in [0.1, 0.15) is 22.8 Å². The fourth-order valence-corrected chi connectivity index (χ4v) is 2.70. The molecule has 140 valence electrons. The number of ketones is 1. The van der Waals surface area contributed by atoms with Crippen molar-refractivity contribution in [3.05, 3.63) is 47.2 Å². The molecule has 0 unspecified atom stereocenters. The molecule has 7 nitrogen and oxygen atoms in total. The fourth-order valence-electron chi connectivity index (χ4n) is 2.70. The Kier molecular flexibility index (Phi) is 5.03. The maximum Gasteiger partial charge on any atom is 0.308 e. The lowest BCUT2D eigenvalue weighted by Gasteiger charge is -2.12. The summed E-state index contributed by atoms with van der Waals surface area (Å²) in [6, 6.07) is 7.95. The standard InChI is InChI=1S/C20H18O7/c1-11(21)26-13-5-6-14-16(9-13)27-19(20(14)22)8-12-7-17(24-3)18(25-4)10-15(12)23-2/h5-10H,1-4H3/b19-8-. The molecule has 0 saturated carbocycles. The number of carbonyl (C=O) groups excluding carboxylic acids is 2. The molecule has 0 radical (unpaired) electrons. The summed E-state index contributed by atoms with van der Waals surface area (Å²) in [7, 11) is 4.56. The molecule has 0 spiro atoms. The van der Waals surface area contributed by atoms with Gasteiger partial charge in [0.05, 0.1) is 26.9 Å². The Bertz CT molecular complexity index is 944. The van der Waals surface area contributed by atoms with E-state index in [1.165, 1.54) is 34.3 Å². The first kappa shape index (κ1) is 18.3. The van der Waals surface area contributed by atoms with Crippen LogP contribution in [0.2, 0.25) is 0 Å². The smallest absolute Gasteiger partial charge is 0.308 e. The predicted molar refractivity (Wildman–Crippen MR) is 96.8 cm³/mol. The van der Waals surface area contributed by atoms with Gasteiger partial charge >= 0.3 is 5.97 Å². The van der Waals surface area contributed by atoms with Crippen LogP contribution in [0.25, 0.3) is 6.08 Å². The number of hydrogen-bond donors (Lipinski definition) is 0. The zero-order valence-corrected chi connectivity index (χ0v) is 15.3. The van der Waals surface area contributed by atoms with Gasteiger partial charge in [-0.05, 0) is 24.3 Å². The largest absolute Gasteiger partial charge is 0.496 e. The minimum Gasteiger partial charge on any atom is -0.496 e. The van der Waals surface area contributed by atoms with E-state index in [9.17, 15) is 9.59 Å². The van der Waals surface area contributed by atoms with Crippen molar-refractivity contribution in [3.63, 3.8) is 0 Å². The van der Waals surface area contributed by atoms with Crippen molar-refractivity contribution in [2.45, 2.75) is 6.92 Å². The highest BCUT2D eigenvalue weighted by Crippen LogP contribution is 2.38. The molecule has 0 saturated heterocycles. The number of allylic oxidation sites excluding steroid dienone is 1. The van der Waals surface area contributed by atoms with E-state index in [0.29, 0.717) is 39.9 Å². The molecule has 1 aliphatic rings. The van der Waals surface area contributed by atoms with E-state index < -0.39 is 5.97 Å². The number of Topliss-reactive ketones (excluding diaryl/α,β-unsaturated/α-hetero) is 1. The Morgan fingerprint density at radius 2 is 1.63 bits per heavy atom. The summed E-state index contributed by atoms with van der Waals surface area (Å²) < 4.78 is 26.6. The third-order valence-electron chi connectivity index (χ3n) is 3.93. The minimum atomic E-state index is -0.454.